The van der Waals surface area contributed by atoms with Crippen molar-refractivity contribution < 1.29 is 9.13 Å². The molecule has 1 heterocycles. The van der Waals surface area contributed by atoms with Crippen molar-refractivity contribution in [2.45, 2.75) is 12.5 Å². The highest BCUT2D eigenvalue weighted by atomic mass is 32.1. The zero-order chi connectivity index (χ0) is 13.0. The Morgan fingerprint density at radius 3 is 2.94 bits per heavy atom. The van der Waals surface area contributed by atoms with E-state index in [1.807, 2.05) is 7.05 Å². The third-order valence-electron chi connectivity index (χ3n) is 2.76. The van der Waals surface area contributed by atoms with E-state index >= 15 is 0 Å². The van der Waals surface area contributed by atoms with Crippen molar-refractivity contribution in [3.05, 3.63) is 40.7 Å². The molecule has 0 aliphatic heterocycles. The number of benzene rings is 1. The fraction of sp³-hybridized carbons (Fsp3) is 0.333. The molecule has 4 nitrogen and oxygen atoms in total. The molecule has 18 heavy (non-hydrogen) atoms. The molecule has 0 saturated carbocycles. The highest BCUT2D eigenvalue weighted by Crippen LogP contribution is 2.25. The van der Waals surface area contributed by atoms with Crippen molar-refractivity contribution in [2.75, 3.05) is 14.2 Å². The van der Waals surface area contributed by atoms with Crippen LogP contribution in [0, 0.1) is 5.82 Å². The minimum absolute atomic E-state index is 0.00612. The smallest absolute Gasteiger partial charge is 0.168 e. The average molecular weight is 267 g/mol. The highest BCUT2D eigenvalue weighted by Gasteiger charge is 2.16. The quantitative estimate of drug-likeness (QED) is 0.902. The van der Waals surface area contributed by atoms with Gasteiger partial charge in [-0.15, -0.1) is 5.10 Å². The molecular formula is C12H14FN3OS. The number of hydrogen-bond donors (Lipinski definition) is 1. The van der Waals surface area contributed by atoms with Crippen LogP contribution in [0.15, 0.2) is 24.4 Å². The Kier molecular flexibility index (Phi) is 4.22. The molecule has 1 aromatic heterocycles. The second kappa shape index (κ2) is 5.88. The van der Waals surface area contributed by atoms with E-state index in [0.29, 0.717) is 12.0 Å². The van der Waals surface area contributed by atoms with Crippen LogP contribution < -0.4 is 10.1 Å². The number of nitrogens with zero attached hydrogens (tertiary/aromatic N) is 2. The van der Waals surface area contributed by atoms with Crippen LogP contribution in [-0.4, -0.2) is 23.7 Å². The lowest BCUT2D eigenvalue weighted by molar-refractivity contribution is 0.383. The summed E-state index contributed by atoms with van der Waals surface area (Å²) in [6, 6.07) is 5.17. The van der Waals surface area contributed by atoms with E-state index in [4.69, 9.17) is 4.74 Å². The first-order valence-electron chi connectivity index (χ1n) is 5.52. The van der Waals surface area contributed by atoms with Gasteiger partial charge in [0.15, 0.2) is 11.6 Å². The summed E-state index contributed by atoms with van der Waals surface area (Å²) in [5, 5.41) is 6.94. The van der Waals surface area contributed by atoms with Gasteiger partial charge in [0.2, 0.25) is 0 Å². The first-order valence-corrected chi connectivity index (χ1v) is 6.29. The summed E-state index contributed by atoms with van der Waals surface area (Å²) in [5.41, 5.74) is 0.613. The maximum atomic E-state index is 14.0. The van der Waals surface area contributed by atoms with Gasteiger partial charge in [0.1, 0.15) is 0 Å². The molecule has 0 spiro atoms. The Morgan fingerprint density at radius 2 is 2.33 bits per heavy atom. The highest BCUT2D eigenvalue weighted by molar-refractivity contribution is 7.05. The number of nitrogens with one attached hydrogen (secondary N) is 1. The van der Waals surface area contributed by atoms with Crippen LogP contribution in [0.1, 0.15) is 16.5 Å². The lowest BCUT2D eigenvalue weighted by atomic mass is 10.0. The summed E-state index contributed by atoms with van der Waals surface area (Å²) in [5.74, 6) is -0.0393. The van der Waals surface area contributed by atoms with Gasteiger partial charge >= 0.3 is 0 Å². The number of aromatic nitrogens is 2. The van der Waals surface area contributed by atoms with Crippen LogP contribution in [-0.2, 0) is 6.42 Å². The summed E-state index contributed by atoms with van der Waals surface area (Å²) in [4.78, 5) is 0.986. The number of likely N-dealkylation sites (N-methyl/N-ethyl adjacent to an activating group) is 1. The summed E-state index contributed by atoms with van der Waals surface area (Å²) in [6.45, 7) is 0. The number of ether oxygens (including phenoxy) is 1. The largest absolute Gasteiger partial charge is 0.494 e. The molecule has 1 N–H and O–H groups in total. The van der Waals surface area contributed by atoms with Crippen molar-refractivity contribution in [2.24, 2.45) is 0 Å². The molecule has 2 rings (SSSR count). The van der Waals surface area contributed by atoms with Gasteiger partial charge in [-0.1, -0.05) is 16.6 Å². The monoisotopic (exact) mass is 267 g/mol. The summed E-state index contributed by atoms with van der Waals surface area (Å²) in [7, 11) is 3.30. The predicted molar refractivity (Wildman–Crippen MR) is 68.4 cm³/mol. The number of halogens is 1. The Labute approximate surface area is 109 Å². The molecule has 0 fully saturated rings. The predicted octanol–water partition coefficient (Wildman–Crippen LogP) is 2.19. The number of hydrogen-bond acceptors (Lipinski definition) is 5. The second-order valence-electron chi connectivity index (χ2n) is 3.80. The van der Waals surface area contributed by atoms with Gasteiger partial charge in [-0.2, -0.15) is 0 Å². The lowest BCUT2D eigenvalue weighted by Gasteiger charge is -2.14. The third kappa shape index (κ3) is 2.65. The van der Waals surface area contributed by atoms with Gasteiger partial charge in [0.05, 0.1) is 18.2 Å². The van der Waals surface area contributed by atoms with E-state index < -0.39 is 0 Å². The van der Waals surface area contributed by atoms with Crippen molar-refractivity contribution in [1.29, 1.82) is 0 Å². The summed E-state index contributed by atoms with van der Waals surface area (Å²) in [6.07, 6.45) is 2.23. The molecule has 6 heteroatoms. The van der Waals surface area contributed by atoms with Gasteiger partial charge in [-0.25, -0.2) is 4.39 Å². The maximum absolute atomic E-state index is 14.0. The van der Waals surface area contributed by atoms with Gasteiger partial charge in [0.25, 0.3) is 0 Å². The van der Waals surface area contributed by atoms with E-state index in [1.165, 1.54) is 18.6 Å². The lowest BCUT2D eigenvalue weighted by Crippen LogP contribution is -2.18. The second-order valence-corrected chi connectivity index (χ2v) is 4.62. The number of rotatable bonds is 5. The van der Waals surface area contributed by atoms with E-state index in [9.17, 15) is 4.39 Å². The molecule has 0 bridgehead atoms. The van der Waals surface area contributed by atoms with Gasteiger partial charge in [0, 0.05) is 6.04 Å². The molecular weight excluding hydrogens is 253 g/mol. The van der Waals surface area contributed by atoms with Crippen LogP contribution in [0.3, 0.4) is 0 Å². The summed E-state index contributed by atoms with van der Waals surface area (Å²) >= 11 is 1.31. The zero-order valence-corrected chi connectivity index (χ0v) is 11.0. The van der Waals surface area contributed by atoms with E-state index in [1.54, 1.807) is 24.4 Å². The van der Waals surface area contributed by atoms with Gasteiger partial charge in [-0.3, -0.25) is 0 Å². The van der Waals surface area contributed by atoms with Crippen LogP contribution in [0.2, 0.25) is 0 Å². The molecule has 1 unspecified atom stereocenters. The Bertz CT molecular complexity index is 504. The van der Waals surface area contributed by atoms with Crippen molar-refractivity contribution in [3.63, 3.8) is 0 Å². The van der Waals surface area contributed by atoms with Gasteiger partial charge < -0.3 is 10.1 Å². The molecule has 2 aromatic rings. The molecule has 1 aromatic carbocycles. The van der Waals surface area contributed by atoms with Crippen LogP contribution in [0.5, 0.6) is 5.75 Å². The molecule has 0 aliphatic rings. The van der Waals surface area contributed by atoms with E-state index in [0.717, 1.165) is 4.88 Å². The first kappa shape index (κ1) is 12.9. The van der Waals surface area contributed by atoms with Crippen molar-refractivity contribution >= 4 is 11.5 Å². The van der Waals surface area contributed by atoms with Crippen LogP contribution in [0.25, 0.3) is 0 Å². The fourth-order valence-corrected chi connectivity index (χ4v) is 2.38. The zero-order valence-electron chi connectivity index (χ0n) is 10.2. The van der Waals surface area contributed by atoms with E-state index in [-0.39, 0.29) is 17.6 Å². The topological polar surface area (TPSA) is 47.0 Å². The average Bonchev–Trinajstić information content (AvgIpc) is 2.91. The molecule has 96 valence electrons. The van der Waals surface area contributed by atoms with Crippen LogP contribution >= 0.6 is 11.5 Å². The summed E-state index contributed by atoms with van der Waals surface area (Å²) < 4.78 is 22.8. The molecule has 0 radical (unpaired) electrons. The van der Waals surface area contributed by atoms with Gasteiger partial charge in [-0.05, 0) is 36.6 Å². The molecule has 0 saturated heterocycles. The number of methoxy groups -OCH3 is 1. The molecule has 0 aliphatic carbocycles. The minimum Gasteiger partial charge on any atom is -0.494 e. The fourth-order valence-electron chi connectivity index (χ4n) is 1.76. The molecule has 1 atom stereocenters. The van der Waals surface area contributed by atoms with E-state index in [2.05, 4.69) is 14.9 Å². The Morgan fingerprint density at radius 1 is 1.50 bits per heavy atom. The molecule has 0 amide bonds. The normalized spacial score (nSPS) is 12.4. The third-order valence-corrected chi connectivity index (χ3v) is 3.53. The Hall–Kier alpha value is -1.53. The van der Waals surface area contributed by atoms with Crippen molar-refractivity contribution in [3.8, 4) is 5.75 Å². The SMILES string of the molecule is CNC(Cc1cccc(OC)c1F)c1cnns1. The first-order chi connectivity index (χ1) is 8.76. The standard InChI is InChI=1S/C12H14FN3OS/c1-14-9(11-7-15-16-18-11)6-8-4-3-5-10(17-2)12(8)13/h3-5,7,9,14H,6H2,1-2H3. The Balaban J connectivity index is 2.22. The van der Waals surface area contributed by atoms with Crippen LogP contribution in [0.4, 0.5) is 4.39 Å². The van der Waals surface area contributed by atoms with Crippen molar-refractivity contribution in [1.82, 2.24) is 14.9 Å². The minimum atomic E-state index is -0.308. The maximum Gasteiger partial charge on any atom is 0.168 e.